The molecule has 4 aromatic rings. The minimum atomic E-state index is -0.317. The van der Waals surface area contributed by atoms with E-state index in [1.807, 2.05) is 36.7 Å². The number of aliphatic hydroxyl groups excluding tert-OH is 1. The average molecular weight is 533 g/mol. The van der Waals surface area contributed by atoms with Crippen LogP contribution in [0.4, 0.5) is 5.69 Å². The number of hydrogen-bond donors (Lipinski definition) is 1. The fourth-order valence-corrected chi connectivity index (χ4v) is 5.44. The Morgan fingerprint density at radius 3 is 2.57 bits per heavy atom. The maximum Gasteiger partial charge on any atom is 0.161 e. The van der Waals surface area contributed by atoms with Crippen LogP contribution in [0.2, 0.25) is 0 Å². The van der Waals surface area contributed by atoms with Gasteiger partial charge in [0, 0.05) is 61.9 Å². The van der Waals surface area contributed by atoms with Crippen LogP contribution in [0.25, 0.3) is 28.3 Å². The summed E-state index contributed by atoms with van der Waals surface area (Å²) in [6.45, 7) is 3.12. The van der Waals surface area contributed by atoms with Crippen LogP contribution in [0.15, 0.2) is 67.1 Å². The molecule has 2 aromatic heterocycles. The normalized spacial score (nSPS) is 17.6. The van der Waals surface area contributed by atoms with E-state index in [4.69, 9.17) is 5.26 Å². The molecule has 4 heterocycles. The summed E-state index contributed by atoms with van der Waals surface area (Å²) in [5, 5.41) is 19.8. The van der Waals surface area contributed by atoms with Gasteiger partial charge in [0.2, 0.25) is 0 Å². The molecule has 1 fully saturated rings. The molecule has 192 valence electrons. The number of nitrogens with zero attached hydrogens (tertiary/aromatic N) is 6. The van der Waals surface area contributed by atoms with Gasteiger partial charge in [-0.15, -0.1) is 0 Å². The van der Waals surface area contributed by atoms with Crippen molar-refractivity contribution in [3.8, 4) is 34.4 Å². The highest BCUT2D eigenvalue weighted by atomic mass is 32.1. The Morgan fingerprint density at radius 1 is 1.05 bits per heavy atom. The zero-order chi connectivity index (χ0) is 24.1. The molecular formula is C28H32N6OS2. The minimum Gasteiger partial charge on any atom is -0.391 e. The molecule has 0 bridgehead atoms. The molecule has 1 N–H and O–H groups in total. The topological polar surface area (TPSA) is 73.2 Å². The van der Waals surface area contributed by atoms with E-state index in [-0.39, 0.29) is 39.0 Å². The van der Waals surface area contributed by atoms with Crippen molar-refractivity contribution in [1.29, 1.82) is 5.26 Å². The summed E-state index contributed by atoms with van der Waals surface area (Å²) in [5.74, 6) is 1.16. The smallest absolute Gasteiger partial charge is 0.161 e. The standard InChI is InChI=1S/C28H28N6O.2H2S/c1-31(2)14-23-17-32(18-27(23)35)24-7-8-25-22(11-24)16-33-15-21(20-5-3-19(13-29)4-6-20)12-26(33)28-30-9-10-34(25)28;;/h3-12,15,23,27,35H,14,16-18H2,1-2H3;2*1H2/t23-,27+;;/m0../s1. The first-order valence-corrected chi connectivity index (χ1v) is 12.0. The molecule has 0 spiro atoms. The van der Waals surface area contributed by atoms with Gasteiger partial charge in [0.15, 0.2) is 5.82 Å². The number of fused-ring (bicyclic) bond motifs is 5. The summed E-state index contributed by atoms with van der Waals surface area (Å²) in [7, 11) is 4.11. The molecule has 2 aliphatic heterocycles. The molecule has 2 atom stereocenters. The number of nitriles is 1. The molecule has 6 rings (SSSR count). The molecule has 2 aromatic carbocycles. The van der Waals surface area contributed by atoms with Crippen molar-refractivity contribution in [3.05, 3.63) is 78.2 Å². The first-order valence-electron chi connectivity index (χ1n) is 12.0. The van der Waals surface area contributed by atoms with E-state index >= 15 is 0 Å². The number of aliphatic hydroxyl groups is 1. The Hall–Kier alpha value is -3.16. The third-order valence-electron chi connectivity index (χ3n) is 7.15. The van der Waals surface area contributed by atoms with E-state index in [9.17, 15) is 5.11 Å². The van der Waals surface area contributed by atoms with Gasteiger partial charge in [-0.2, -0.15) is 32.3 Å². The predicted octanol–water partition coefficient (Wildman–Crippen LogP) is 3.83. The number of anilines is 1. The highest BCUT2D eigenvalue weighted by Crippen LogP contribution is 2.36. The first-order chi connectivity index (χ1) is 17.0. The Morgan fingerprint density at radius 2 is 1.84 bits per heavy atom. The van der Waals surface area contributed by atoms with Crippen LogP contribution >= 0.6 is 27.0 Å². The second-order valence-electron chi connectivity index (χ2n) is 9.86. The Labute approximate surface area is 231 Å². The molecule has 0 amide bonds. The van der Waals surface area contributed by atoms with Crippen LogP contribution in [-0.2, 0) is 6.54 Å². The largest absolute Gasteiger partial charge is 0.391 e. The lowest BCUT2D eigenvalue weighted by Gasteiger charge is -2.21. The fourth-order valence-electron chi connectivity index (χ4n) is 5.44. The lowest BCUT2D eigenvalue weighted by atomic mass is 10.1. The Balaban J connectivity index is 0.00000160. The molecule has 0 radical (unpaired) electrons. The monoisotopic (exact) mass is 532 g/mol. The molecule has 0 unspecified atom stereocenters. The second kappa shape index (κ2) is 10.7. The maximum absolute atomic E-state index is 10.6. The predicted molar refractivity (Wildman–Crippen MR) is 157 cm³/mol. The first kappa shape index (κ1) is 26.9. The quantitative estimate of drug-likeness (QED) is 0.381. The lowest BCUT2D eigenvalue weighted by molar-refractivity contribution is 0.130. The maximum atomic E-state index is 10.6. The zero-order valence-electron chi connectivity index (χ0n) is 21.0. The van der Waals surface area contributed by atoms with Crippen molar-refractivity contribution in [2.45, 2.75) is 12.6 Å². The summed E-state index contributed by atoms with van der Waals surface area (Å²) < 4.78 is 4.42. The number of rotatable bonds is 4. The van der Waals surface area contributed by atoms with Crippen LogP contribution in [0, 0.1) is 17.2 Å². The minimum absolute atomic E-state index is 0. The molecule has 0 saturated carbocycles. The summed E-state index contributed by atoms with van der Waals surface area (Å²) in [4.78, 5) is 9.14. The van der Waals surface area contributed by atoms with Gasteiger partial charge in [-0.1, -0.05) is 12.1 Å². The molecule has 9 heteroatoms. The summed E-state index contributed by atoms with van der Waals surface area (Å²) in [6.07, 6.45) is 5.72. The number of hydrogen-bond acceptors (Lipinski definition) is 5. The van der Waals surface area contributed by atoms with Crippen molar-refractivity contribution >= 4 is 32.7 Å². The van der Waals surface area contributed by atoms with Gasteiger partial charge in [-0.3, -0.25) is 4.57 Å². The third kappa shape index (κ3) is 4.90. The van der Waals surface area contributed by atoms with E-state index in [1.54, 1.807) is 0 Å². The molecule has 7 nitrogen and oxygen atoms in total. The van der Waals surface area contributed by atoms with Crippen molar-refractivity contribution in [2.75, 3.05) is 38.6 Å². The van der Waals surface area contributed by atoms with Crippen molar-refractivity contribution in [1.82, 2.24) is 19.0 Å². The van der Waals surface area contributed by atoms with Crippen LogP contribution in [-0.4, -0.2) is 64.0 Å². The van der Waals surface area contributed by atoms with E-state index in [2.05, 4.69) is 74.5 Å². The van der Waals surface area contributed by atoms with E-state index in [0.717, 1.165) is 53.7 Å². The van der Waals surface area contributed by atoms with Gasteiger partial charge < -0.3 is 19.5 Å². The van der Waals surface area contributed by atoms with Gasteiger partial charge in [0.1, 0.15) is 0 Å². The lowest BCUT2D eigenvalue weighted by Crippen LogP contribution is -2.29. The number of β-amino-alcohol motifs (C(OH)–C–C–N with tert-alkyl or cyclic N) is 1. The van der Waals surface area contributed by atoms with Crippen LogP contribution in [0.3, 0.4) is 0 Å². The van der Waals surface area contributed by atoms with Gasteiger partial charge >= 0.3 is 0 Å². The van der Waals surface area contributed by atoms with Crippen LogP contribution in [0.1, 0.15) is 11.1 Å². The van der Waals surface area contributed by atoms with E-state index in [1.165, 1.54) is 5.56 Å². The van der Waals surface area contributed by atoms with Gasteiger partial charge in [0.25, 0.3) is 0 Å². The Kier molecular flexibility index (Phi) is 7.76. The van der Waals surface area contributed by atoms with E-state index < -0.39 is 0 Å². The van der Waals surface area contributed by atoms with Gasteiger partial charge in [-0.25, -0.2) is 4.98 Å². The SMILES string of the molecule is CN(C)C[C@H]1CN(c2ccc3c(c2)Cn2cc(-c4ccc(C#N)cc4)cc2-c2nccn2-3)C[C@H]1O.S.S. The number of benzene rings is 2. The molecular weight excluding hydrogens is 500 g/mol. The van der Waals surface area contributed by atoms with Crippen LogP contribution < -0.4 is 4.90 Å². The van der Waals surface area contributed by atoms with Gasteiger partial charge in [-0.05, 0) is 61.6 Å². The Bertz CT molecular complexity index is 1440. The molecule has 0 aliphatic carbocycles. The highest BCUT2D eigenvalue weighted by molar-refractivity contribution is 7.59. The summed E-state index contributed by atoms with van der Waals surface area (Å²) in [6, 6.07) is 18.7. The van der Waals surface area contributed by atoms with Crippen LogP contribution in [0.5, 0.6) is 0 Å². The summed E-state index contributed by atoms with van der Waals surface area (Å²) in [5.41, 5.74) is 7.40. The number of imidazole rings is 1. The second-order valence-corrected chi connectivity index (χ2v) is 9.86. The fraction of sp³-hybridized carbons (Fsp3) is 0.286. The van der Waals surface area contributed by atoms with Crippen molar-refractivity contribution in [2.24, 2.45) is 5.92 Å². The van der Waals surface area contributed by atoms with Crippen molar-refractivity contribution < 1.29 is 5.11 Å². The third-order valence-corrected chi connectivity index (χ3v) is 7.15. The number of aromatic nitrogens is 3. The molecule has 2 aliphatic rings. The van der Waals surface area contributed by atoms with Crippen molar-refractivity contribution in [3.63, 3.8) is 0 Å². The highest BCUT2D eigenvalue weighted by Gasteiger charge is 2.32. The summed E-state index contributed by atoms with van der Waals surface area (Å²) >= 11 is 0. The average Bonchev–Trinajstić information content (AvgIpc) is 3.56. The molecule has 37 heavy (non-hydrogen) atoms. The van der Waals surface area contributed by atoms with Gasteiger partial charge in [0.05, 0.1) is 29.1 Å². The molecule has 1 saturated heterocycles. The zero-order valence-corrected chi connectivity index (χ0v) is 23.0. The van der Waals surface area contributed by atoms with E-state index in [0.29, 0.717) is 12.1 Å².